The molecule has 0 radical (unpaired) electrons. The Kier molecular flexibility index (Phi) is 5.86. The van der Waals surface area contributed by atoms with Crippen molar-refractivity contribution in [1.82, 2.24) is 20.5 Å². The highest BCUT2D eigenvalue weighted by atomic mass is 16.2. The lowest BCUT2D eigenvalue weighted by atomic mass is 9.79. The number of hydrogen-bond donors (Lipinski definition) is 2. The Hall–Kier alpha value is -3.42. The number of hydrogen-bond acceptors (Lipinski definition) is 5. The number of nitrogens with zero attached hydrogens (tertiary/aromatic N) is 3. The number of aromatic nitrogens is 1. The van der Waals surface area contributed by atoms with Crippen molar-refractivity contribution >= 4 is 23.7 Å². The van der Waals surface area contributed by atoms with Crippen LogP contribution in [-0.4, -0.2) is 53.4 Å². The van der Waals surface area contributed by atoms with Gasteiger partial charge in [0.2, 0.25) is 0 Å². The molecule has 4 rings (SSSR count). The minimum Gasteiger partial charge on any atom is -0.353 e. The summed E-state index contributed by atoms with van der Waals surface area (Å²) in [6.07, 6.45) is 1.88. The van der Waals surface area contributed by atoms with Gasteiger partial charge in [0.05, 0.1) is 0 Å². The highest BCUT2D eigenvalue weighted by Gasteiger charge is 2.50. The first-order valence-corrected chi connectivity index (χ1v) is 11.4. The van der Waals surface area contributed by atoms with Crippen molar-refractivity contribution in [3.8, 4) is 0 Å². The molecule has 2 fully saturated rings. The fourth-order valence-electron chi connectivity index (χ4n) is 4.94. The summed E-state index contributed by atoms with van der Waals surface area (Å²) < 4.78 is 0. The van der Waals surface area contributed by atoms with Crippen molar-refractivity contribution in [2.24, 2.45) is 5.92 Å². The largest absolute Gasteiger partial charge is 0.353 e. The number of piperazine rings is 1. The van der Waals surface area contributed by atoms with Gasteiger partial charge in [0.15, 0.2) is 0 Å². The lowest BCUT2D eigenvalue weighted by Gasteiger charge is -2.41. The Morgan fingerprint density at radius 3 is 2.39 bits per heavy atom. The van der Waals surface area contributed by atoms with E-state index in [1.165, 1.54) is 0 Å². The zero-order chi connectivity index (χ0) is 23.9. The summed E-state index contributed by atoms with van der Waals surface area (Å²) in [5.74, 6) is 0.407. The van der Waals surface area contributed by atoms with Gasteiger partial charge in [-0.2, -0.15) is 0 Å². The molecule has 0 unspecified atom stereocenters. The molecule has 2 N–H and O–H groups in total. The summed E-state index contributed by atoms with van der Waals surface area (Å²) in [5.41, 5.74) is 2.37. The molecule has 3 heterocycles. The molecule has 2 aliphatic heterocycles. The highest BCUT2D eigenvalue weighted by molar-refractivity contribution is 6.07. The molecule has 4 amide bonds. The first-order chi connectivity index (χ1) is 15.6. The molecule has 0 saturated carbocycles. The molecule has 2 aromatic rings. The lowest BCUT2D eigenvalue weighted by Crippen LogP contribution is -2.54. The first kappa shape index (κ1) is 22.8. The van der Waals surface area contributed by atoms with Crippen LogP contribution in [-0.2, 0) is 10.3 Å². The Bertz CT molecular complexity index is 1100. The van der Waals surface area contributed by atoms with Gasteiger partial charge in [-0.05, 0) is 55.5 Å². The molecule has 0 spiro atoms. The normalized spacial score (nSPS) is 23.0. The maximum atomic E-state index is 13.3. The number of pyridine rings is 1. The van der Waals surface area contributed by atoms with Crippen molar-refractivity contribution in [2.45, 2.75) is 46.2 Å². The standard InChI is InChI=1S/C25H31N5O3/c1-15(2)25(23(32)27-24(33)28-25)20-8-6-19(7-9-20)22(31)30-11-10-29(14-18(30)5)21-17(4)12-16(3)13-26-21/h6-9,12-13,15,18H,10-11,14H2,1-5H3,(H2,27,28,32,33)/t18-,25-/m1/s1. The van der Waals surface area contributed by atoms with E-state index < -0.39 is 11.6 Å². The zero-order valence-electron chi connectivity index (χ0n) is 19.8. The summed E-state index contributed by atoms with van der Waals surface area (Å²) in [5, 5.41) is 5.11. The number of carbonyl (C=O) groups is 3. The van der Waals surface area contributed by atoms with Gasteiger partial charge in [-0.15, -0.1) is 0 Å². The van der Waals surface area contributed by atoms with Gasteiger partial charge in [-0.25, -0.2) is 9.78 Å². The molecule has 2 aliphatic rings. The SMILES string of the molecule is Cc1cnc(N2CCN(C(=O)c3ccc([C@@]4(C(C)C)NC(=O)NC4=O)cc3)[C@H](C)C2)c(C)c1. The topological polar surface area (TPSA) is 94.6 Å². The smallest absolute Gasteiger partial charge is 0.322 e. The van der Waals surface area contributed by atoms with Crippen molar-refractivity contribution in [2.75, 3.05) is 24.5 Å². The maximum absolute atomic E-state index is 13.3. The van der Waals surface area contributed by atoms with Gasteiger partial charge in [-0.3, -0.25) is 14.9 Å². The van der Waals surface area contributed by atoms with E-state index in [-0.39, 0.29) is 23.8 Å². The molecule has 2 atom stereocenters. The Morgan fingerprint density at radius 2 is 1.85 bits per heavy atom. The minimum absolute atomic E-state index is 0.0235. The third-order valence-electron chi connectivity index (χ3n) is 6.72. The number of nitrogens with one attached hydrogen (secondary N) is 2. The van der Waals surface area contributed by atoms with Crippen LogP contribution >= 0.6 is 0 Å². The molecule has 8 nitrogen and oxygen atoms in total. The molecular weight excluding hydrogens is 418 g/mol. The molecular formula is C25H31N5O3. The van der Waals surface area contributed by atoms with E-state index in [0.717, 1.165) is 16.9 Å². The number of rotatable bonds is 4. The van der Waals surface area contributed by atoms with E-state index in [4.69, 9.17) is 0 Å². The fraction of sp³-hybridized carbons (Fsp3) is 0.440. The average Bonchev–Trinajstić information content (AvgIpc) is 3.08. The van der Waals surface area contributed by atoms with Crippen molar-refractivity contribution in [1.29, 1.82) is 0 Å². The third-order valence-corrected chi connectivity index (χ3v) is 6.72. The lowest BCUT2D eigenvalue weighted by molar-refractivity contribution is -0.125. The number of carbonyl (C=O) groups excluding carboxylic acids is 3. The van der Waals surface area contributed by atoms with Gasteiger partial charge in [-0.1, -0.05) is 32.0 Å². The molecule has 174 valence electrons. The van der Waals surface area contributed by atoms with Crippen LogP contribution < -0.4 is 15.5 Å². The van der Waals surface area contributed by atoms with Gasteiger partial charge in [0.1, 0.15) is 11.4 Å². The second-order valence-corrected chi connectivity index (χ2v) is 9.40. The minimum atomic E-state index is -1.13. The molecule has 33 heavy (non-hydrogen) atoms. The van der Waals surface area contributed by atoms with Crippen LogP contribution in [0.1, 0.15) is 47.8 Å². The van der Waals surface area contributed by atoms with Crippen LogP contribution in [0.5, 0.6) is 0 Å². The summed E-state index contributed by atoms with van der Waals surface area (Å²) in [6, 6.07) is 8.66. The number of aryl methyl sites for hydroxylation is 2. The Balaban J connectivity index is 1.50. The van der Waals surface area contributed by atoms with E-state index in [1.54, 1.807) is 24.3 Å². The van der Waals surface area contributed by atoms with Crippen molar-refractivity contribution < 1.29 is 14.4 Å². The van der Waals surface area contributed by atoms with E-state index >= 15 is 0 Å². The quantitative estimate of drug-likeness (QED) is 0.700. The maximum Gasteiger partial charge on any atom is 0.322 e. The summed E-state index contributed by atoms with van der Waals surface area (Å²) >= 11 is 0. The molecule has 1 aromatic heterocycles. The molecule has 1 aromatic carbocycles. The highest BCUT2D eigenvalue weighted by Crippen LogP contribution is 2.33. The second kappa shape index (κ2) is 8.50. The number of benzene rings is 1. The summed E-state index contributed by atoms with van der Waals surface area (Å²) in [4.78, 5) is 46.4. The van der Waals surface area contributed by atoms with Gasteiger partial charge in [0.25, 0.3) is 11.8 Å². The van der Waals surface area contributed by atoms with Crippen LogP contribution in [0.2, 0.25) is 0 Å². The number of urea groups is 1. The third kappa shape index (κ3) is 3.94. The average molecular weight is 450 g/mol. The van der Waals surface area contributed by atoms with E-state index in [2.05, 4.69) is 33.5 Å². The molecule has 0 bridgehead atoms. The summed E-state index contributed by atoms with van der Waals surface area (Å²) in [7, 11) is 0. The monoisotopic (exact) mass is 449 g/mol. The molecule has 8 heteroatoms. The van der Waals surface area contributed by atoms with E-state index in [1.807, 2.05) is 38.8 Å². The van der Waals surface area contributed by atoms with Gasteiger partial charge in [0, 0.05) is 37.4 Å². The van der Waals surface area contributed by atoms with Crippen molar-refractivity contribution in [3.05, 3.63) is 58.8 Å². The van der Waals surface area contributed by atoms with Crippen LogP contribution in [0.4, 0.5) is 10.6 Å². The van der Waals surface area contributed by atoms with Crippen LogP contribution in [0.3, 0.4) is 0 Å². The van der Waals surface area contributed by atoms with Crippen LogP contribution in [0, 0.1) is 19.8 Å². The van der Waals surface area contributed by atoms with E-state index in [9.17, 15) is 14.4 Å². The number of anilines is 1. The Morgan fingerprint density at radius 1 is 1.15 bits per heavy atom. The molecule has 2 saturated heterocycles. The van der Waals surface area contributed by atoms with Gasteiger partial charge < -0.3 is 15.1 Å². The first-order valence-electron chi connectivity index (χ1n) is 11.4. The second-order valence-electron chi connectivity index (χ2n) is 9.40. The van der Waals surface area contributed by atoms with Crippen LogP contribution in [0.25, 0.3) is 0 Å². The van der Waals surface area contributed by atoms with Gasteiger partial charge >= 0.3 is 6.03 Å². The fourth-order valence-corrected chi connectivity index (χ4v) is 4.94. The number of amides is 4. The van der Waals surface area contributed by atoms with Crippen molar-refractivity contribution in [3.63, 3.8) is 0 Å². The Labute approximate surface area is 194 Å². The van der Waals surface area contributed by atoms with E-state index in [0.29, 0.717) is 30.8 Å². The predicted molar refractivity (Wildman–Crippen MR) is 126 cm³/mol. The van der Waals surface area contributed by atoms with Crippen LogP contribution in [0.15, 0.2) is 36.5 Å². The summed E-state index contributed by atoms with van der Waals surface area (Å²) in [6.45, 7) is 11.9. The molecule has 0 aliphatic carbocycles. The number of imide groups is 1. The zero-order valence-corrected chi connectivity index (χ0v) is 19.8. The predicted octanol–water partition coefficient (Wildman–Crippen LogP) is 2.74.